The van der Waals surface area contributed by atoms with E-state index in [-0.39, 0.29) is 22.8 Å². The van der Waals surface area contributed by atoms with E-state index < -0.39 is 16.1 Å². The smallest absolute Gasteiger partial charge is 0.328 e. The zero-order valence-corrected chi connectivity index (χ0v) is 19.3. The Hall–Kier alpha value is -2.19. The molecule has 1 saturated carbocycles. The van der Waals surface area contributed by atoms with Gasteiger partial charge in [0.05, 0.1) is 12.0 Å². The monoisotopic (exact) mass is 448 g/mol. The Balaban J connectivity index is 1.76. The van der Waals surface area contributed by atoms with Gasteiger partial charge in [-0.3, -0.25) is 4.79 Å². The molecule has 1 aliphatic carbocycles. The lowest BCUT2D eigenvalue weighted by Crippen LogP contribution is -2.45. The molecule has 1 aromatic carbocycles. The summed E-state index contributed by atoms with van der Waals surface area (Å²) in [5.74, 6) is -0.216. The van der Waals surface area contributed by atoms with Gasteiger partial charge >= 0.3 is 5.97 Å². The molecule has 3 rings (SSSR count). The van der Waals surface area contributed by atoms with Gasteiger partial charge in [0.2, 0.25) is 15.9 Å². The van der Waals surface area contributed by atoms with Crippen molar-refractivity contribution in [3.63, 3.8) is 0 Å². The van der Waals surface area contributed by atoms with Crippen LogP contribution in [0.3, 0.4) is 0 Å². The highest BCUT2D eigenvalue weighted by Gasteiger charge is 2.47. The summed E-state index contributed by atoms with van der Waals surface area (Å²) in [7, 11) is -2.15. The second kappa shape index (κ2) is 9.96. The molecule has 0 radical (unpaired) electrons. The maximum atomic E-state index is 13.0. The van der Waals surface area contributed by atoms with Crippen molar-refractivity contribution in [1.29, 1.82) is 0 Å². The van der Waals surface area contributed by atoms with Crippen LogP contribution < -0.4 is 0 Å². The van der Waals surface area contributed by atoms with Gasteiger partial charge in [0.25, 0.3) is 0 Å². The summed E-state index contributed by atoms with van der Waals surface area (Å²) < 4.78 is 31.6. The Bertz CT molecular complexity index is 922. The molecular weight excluding hydrogens is 416 g/mol. The molecule has 1 amide bonds. The zero-order chi connectivity index (χ0) is 22.6. The average molecular weight is 449 g/mol. The number of hydrogen-bond acceptors (Lipinski definition) is 5. The lowest BCUT2D eigenvalue weighted by Gasteiger charge is -2.32. The van der Waals surface area contributed by atoms with Gasteiger partial charge in [0.1, 0.15) is 6.04 Å². The summed E-state index contributed by atoms with van der Waals surface area (Å²) in [5.41, 5.74) is 0.723. The van der Waals surface area contributed by atoms with Gasteiger partial charge in [-0.05, 0) is 49.0 Å². The van der Waals surface area contributed by atoms with Gasteiger partial charge in [-0.2, -0.15) is 4.31 Å². The first kappa shape index (κ1) is 23.5. The Kier molecular flexibility index (Phi) is 7.54. The van der Waals surface area contributed by atoms with E-state index in [1.54, 1.807) is 49.1 Å². The van der Waals surface area contributed by atoms with Gasteiger partial charge in [-0.1, -0.05) is 38.8 Å². The lowest BCUT2D eigenvalue weighted by atomic mass is 9.85. The third-order valence-corrected chi connectivity index (χ3v) is 8.52. The molecule has 3 unspecified atom stereocenters. The number of fused-ring (bicyclic) bond motifs is 1. The number of benzene rings is 1. The molecule has 1 saturated heterocycles. The number of methoxy groups -OCH3 is 1. The number of rotatable bonds is 7. The SMILES string of the molecule is CCN(CC)S(=O)(=O)c1ccc(C=CC(=O)N2C(C(=O)OC)CC3CCCCC32)cc1. The summed E-state index contributed by atoms with van der Waals surface area (Å²) >= 11 is 0. The summed E-state index contributed by atoms with van der Waals surface area (Å²) in [6.45, 7) is 4.43. The van der Waals surface area contributed by atoms with Crippen molar-refractivity contribution >= 4 is 28.0 Å². The molecule has 2 aliphatic rings. The topological polar surface area (TPSA) is 84.0 Å². The first-order chi connectivity index (χ1) is 14.8. The molecule has 1 aliphatic heterocycles. The van der Waals surface area contributed by atoms with Gasteiger partial charge in [0.15, 0.2) is 0 Å². The molecule has 1 heterocycles. The van der Waals surface area contributed by atoms with Crippen molar-refractivity contribution in [2.45, 2.75) is 62.9 Å². The Morgan fingerprint density at radius 1 is 1.13 bits per heavy atom. The number of likely N-dealkylation sites (tertiary alicyclic amines) is 1. The summed E-state index contributed by atoms with van der Waals surface area (Å²) in [6, 6.07) is 6.04. The molecule has 0 spiro atoms. The number of amides is 1. The van der Waals surface area contributed by atoms with Gasteiger partial charge in [-0.25, -0.2) is 13.2 Å². The van der Waals surface area contributed by atoms with E-state index in [1.165, 1.54) is 17.5 Å². The predicted molar refractivity (Wildman–Crippen MR) is 119 cm³/mol. The number of sulfonamides is 1. The molecule has 7 nitrogen and oxygen atoms in total. The van der Waals surface area contributed by atoms with Crippen LogP contribution in [-0.2, 0) is 24.3 Å². The Morgan fingerprint density at radius 3 is 2.39 bits per heavy atom. The standard InChI is InChI=1S/C23H32N2O5S/c1-4-24(5-2)31(28,29)19-13-10-17(11-14-19)12-15-22(26)25-20-9-7-6-8-18(20)16-21(25)23(27)30-3/h10-15,18,20-21H,4-9,16H2,1-3H3. The molecule has 2 fully saturated rings. The van der Waals surface area contributed by atoms with Crippen molar-refractivity contribution in [2.75, 3.05) is 20.2 Å². The molecular formula is C23H32N2O5S. The number of hydrogen-bond donors (Lipinski definition) is 0. The number of carbonyl (C=O) groups excluding carboxylic acids is 2. The number of nitrogens with zero attached hydrogens (tertiary/aromatic N) is 2. The van der Waals surface area contributed by atoms with Crippen LogP contribution in [0.25, 0.3) is 6.08 Å². The minimum Gasteiger partial charge on any atom is -0.467 e. The van der Waals surface area contributed by atoms with Crippen LogP contribution in [0.4, 0.5) is 0 Å². The highest BCUT2D eigenvalue weighted by Crippen LogP contribution is 2.40. The maximum absolute atomic E-state index is 13.0. The van der Waals surface area contributed by atoms with Gasteiger partial charge in [-0.15, -0.1) is 0 Å². The third kappa shape index (κ3) is 4.85. The molecule has 3 atom stereocenters. The fourth-order valence-corrected chi connectivity index (χ4v) is 6.30. The second-order valence-corrected chi connectivity index (χ2v) is 10.1. The third-order valence-electron chi connectivity index (χ3n) is 6.46. The fraction of sp³-hybridized carbons (Fsp3) is 0.565. The lowest BCUT2D eigenvalue weighted by molar-refractivity contribution is -0.150. The van der Waals surface area contributed by atoms with Crippen molar-refractivity contribution < 1.29 is 22.7 Å². The second-order valence-electron chi connectivity index (χ2n) is 8.12. The first-order valence-electron chi connectivity index (χ1n) is 11.0. The summed E-state index contributed by atoms with van der Waals surface area (Å²) in [6.07, 6.45) is 7.95. The molecule has 8 heteroatoms. The van der Waals surface area contributed by atoms with E-state index in [0.29, 0.717) is 25.4 Å². The average Bonchev–Trinajstić information content (AvgIpc) is 3.17. The number of carbonyl (C=O) groups is 2. The molecule has 170 valence electrons. The molecule has 31 heavy (non-hydrogen) atoms. The van der Waals surface area contributed by atoms with Gasteiger partial charge in [0, 0.05) is 25.2 Å². The summed E-state index contributed by atoms with van der Waals surface area (Å²) in [4.78, 5) is 27.2. The van der Waals surface area contributed by atoms with Crippen LogP contribution in [0.5, 0.6) is 0 Å². The quantitative estimate of drug-likeness (QED) is 0.473. The number of esters is 1. The minimum absolute atomic E-state index is 0.0802. The Morgan fingerprint density at radius 2 is 1.77 bits per heavy atom. The first-order valence-corrected chi connectivity index (χ1v) is 12.5. The largest absolute Gasteiger partial charge is 0.467 e. The van der Waals surface area contributed by atoms with E-state index >= 15 is 0 Å². The van der Waals surface area contributed by atoms with Crippen molar-refractivity contribution in [1.82, 2.24) is 9.21 Å². The van der Waals surface area contributed by atoms with E-state index in [0.717, 1.165) is 31.2 Å². The highest BCUT2D eigenvalue weighted by atomic mass is 32.2. The molecule has 1 aromatic rings. The summed E-state index contributed by atoms with van der Waals surface area (Å²) in [5, 5.41) is 0. The van der Waals surface area contributed by atoms with Gasteiger partial charge < -0.3 is 9.64 Å². The van der Waals surface area contributed by atoms with Crippen LogP contribution in [0.1, 0.15) is 51.5 Å². The van der Waals surface area contributed by atoms with E-state index in [1.807, 2.05) is 0 Å². The minimum atomic E-state index is -3.51. The van der Waals surface area contributed by atoms with E-state index in [4.69, 9.17) is 4.74 Å². The molecule has 0 bridgehead atoms. The maximum Gasteiger partial charge on any atom is 0.328 e. The highest BCUT2D eigenvalue weighted by molar-refractivity contribution is 7.89. The number of ether oxygens (including phenoxy) is 1. The van der Waals surface area contributed by atoms with E-state index in [9.17, 15) is 18.0 Å². The Labute approximate surface area is 185 Å². The molecule has 0 aromatic heterocycles. The van der Waals surface area contributed by atoms with Crippen molar-refractivity contribution in [3.8, 4) is 0 Å². The van der Waals surface area contributed by atoms with Crippen molar-refractivity contribution in [3.05, 3.63) is 35.9 Å². The fourth-order valence-electron chi connectivity index (χ4n) is 4.84. The van der Waals surface area contributed by atoms with Crippen LogP contribution in [0, 0.1) is 5.92 Å². The van der Waals surface area contributed by atoms with Crippen LogP contribution in [0.15, 0.2) is 35.2 Å². The van der Waals surface area contributed by atoms with Crippen LogP contribution >= 0.6 is 0 Å². The predicted octanol–water partition coefficient (Wildman–Crippen LogP) is 3.06. The van der Waals surface area contributed by atoms with E-state index in [2.05, 4.69) is 0 Å². The zero-order valence-electron chi connectivity index (χ0n) is 18.5. The normalized spacial score (nSPS) is 23.9. The van der Waals surface area contributed by atoms with Crippen LogP contribution in [-0.4, -0.2) is 61.8 Å². The molecule has 0 N–H and O–H groups in total. The van der Waals surface area contributed by atoms with Crippen molar-refractivity contribution in [2.24, 2.45) is 5.92 Å². The van der Waals surface area contributed by atoms with Crippen LogP contribution in [0.2, 0.25) is 0 Å².